The highest BCUT2D eigenvalue weighted by Gasteiger charge is 2.18. The third-order valence-corrected chi connectivity index (χ3v) is 5.25. The molecule has 2 rings (SSSR count). The minimum atomic E-state index is -3.59. The summed E-state index contributed by atoms with van der Waals surface area (Å²) in [6.45, 7) is 0. The molecule has 0 saturated heterocycles. The normalized spacial score (nSPS) is 11.2. The number of hydrogen-bond acceptors (Lipinski definition) is 5. The van der Waals surface area contributed by atoms with Crippen LogP contribution in [0.4, 0.5) is 5.69 Å². The number of esters is 1. The third-order valence-electron chi connectivity index (χ3n) is 3.44. The Bertz CT molecular complexity index is 890. The van der Waals surface area contributed by atoms with Gasteiger partial charge in [-0.1, -0.05) is 6.07 Å². The molecule has 0 aliphatic rings. The van der Waals surface area contributed by atoms with Gasteiger partial charge in [0.25, 0.3) is 5.91 Å². The van der Waals surface area contributed by atoms with E-state index in [1.54, 1.807) is 12.1 Å². The standard InChI is InChI=1S/C17H18N2O5S/c1-19(2)25(22,23)15-6-4-5-14(11-15)18-16(20)12-7-9-13(10-8-12)17(21)24-3/h4-11H,1-3H3,(H,18,20). The molecule has 0 atom stereocenters. The smallest absolute Gasteiger partial charge is 0.337 e. The van der Waals surface area contributed by atoms with Gasteiger partial charge in [0, 0.05) is 25.3 Å². The lowest BCUT2D eigenvalue weighted by atomic mass is 10.1. The van der Waals surface area contributed by atoms with Gasteiger partial charge < -0.3 is 10.1 Å². The maximum absolute atomic E-state index is 12.3. The van der Waals surface area contributed by atoms with Crippen LogP contribution < -0.4 is 5.32 Å². The quantitative estimate of drug-likeness (QED) is 0.821. The number of methoxy groups -OCH3 is 1. The zero-order valence-corrected chi connectivity index (χ0v) is 14.8. The van der Waals surface area contributed by atoms with Crippen LogP contribution in [0.15, 0.2) is 53.4 Å². The van der Waals surface area contributed by atoms with Crippen molar-refractivity contribution in [2.75, 3.05) is 26.5 Å². The summed E-state index contributed by atoms with van der Waals surface area (Å²) in [6, 6.07) is 11.9. The molecule has 8 heteroatoms. The first-order chi connectivity index (χ1) is 11.8. The molecule has 0 saturated carbocycles. The van der Waals surface area contributed by atoms with E-state index in [-0.39, 0.29) is 4.90 Å². The number of hydrogen-bond donors (Lipinski definition) is 1. The van der Waals surface area contributed by atoms with Gasteiger partial charge in [0.1, 0.15) is 0 Å². The highest BCUT2D eigenvalue weighted by molar-refractivity contribution is 7.89. The van der Waals surface area contributed by atoms with Gasteiger partial charge in [-0.25, -0.2) is 17.5 Å². The van der Waals surface area contributed by atoms with Crippen LogP contribution in [-0.4, -0.2) is 45.8 Å². The summed E-state index contributed by atoms with van der Waals surface area (Å²) in [7, 11) is 0.556. The molecule has 25 heavy (non-hydrogen) atoms. The highest BCUT2D eigenvalue weighted by Crippen LogP contribution is 2.18. The Morgan fingerprint density at radius 2 is 1.60 bits per heavy atom. The molecule has 132 valence electrons. The molecule has 0 aliphatic carbocycles. The van der Waals surface area contributed by atoms with E-state index in [0.29, 0.717) is 16.8 Å². The molecule has 0 fully saturated rings. The van der Waals surface area contributed by atoms with Gasteiger partial charge in [0.05, 0.1) is 17.6 Å². The van der Waals surface area contributed by atoms with Crippen molar-refractivity contribution in [2.24, 2.45) is 0 Å². The van der Waals surface area contributed by atoms with Crippen molar-refractivity contribution in [1.82, 2.24) is 4.31 Å². The number of rotatable bonds is 5. The average Bonchev–Trinajstić information content (AvgIpc) is 2.61. The van der Waals surface area contributed by atoms with Crippen molar-refractivity contribution < 1.29 is 22.7 Å². The molecule has 0 bridgehead atoms. The summed E-state index contributed by atoms with van der Waals surface area (Å²) in [5, 5.41) is 2.63. The second kappa shape index (κ2) is 7.45. The molecular formula is C17H18N2O5S. The van der Waals surface area contributed by atoms with Crippen molar-refractivity contribution in [3.8, 4) is 0 Å². The molecule has 0 radical (unpaired) electrons. The van der Waals surface area contributed by atoms with Crippen LogP contribution in [0.2, 0.25) is 0 Å². The van der Waals surface area contributed by atoms with Gasteiger partial charge in [-0.05, 0) is 42.5 Å². The second-order valence-electron chi connectivity index (χ2n) is 5.34. The van der Waals surface area contributed by atoms with E-state index in [1.165, 1.54) is 57.6 Å². The second-order valence-corrected chi connectivity index (χ2v) is 7.49. The lowest BCUT2D eigenvalue weighted by Crippen LogP contribution is -2.22. The SMILES string of the molecule is COC(=O)c1ccc(C(=O)Nc2cccc(S(=O)(=O)N(C)C)c2)cc1. The highest BCUT2D eigenvalue weighted by atomic mass is 32.2. The Balaban J connectivity index is 2.20. The van der Waals surface area contributed by atoms with Crippen molar-refractivity contribution in [2.45, 2.75) is 4.90 Å². The Hall–Kier alpha value is -2.71. The Morgan fingerprint density at radius 1 is 1.00 bits per heavy atom. The largest absolute Gasteiger partial charge is 0.465 e. The monoisotopic (exact) mass is 362 g/mol. The third kappa shape index (κ3) is 4.23. The van der Waals surface area contributed by atoms with Crippen molar-refractivity contribution in [3.05, 3.63) is 59.7 Å². The van der Waals surface area contributed by atoms with E-state index >= 15 is 0 Å². The molecule has 1 N–H and O–H groups in total. The molecule has 0 aliphatic heterocycles. The van der Waals surface area contributed by atoms with Crippen LogP contribution in [-0.2, 0) is 14.8 Å². The lowest BCUT2D eigenvalue weighted by molar-refractivity contribution is 0.0600. The molecule has 0 aromatic heterocycles. The molecule has 2 aromatic carbocycles. The maximum atomic E-state index is 12.3. The number of anilines is 1. The van der Waals surface area contributed by atoms with Gasteiger partial charge in [-0.3, -0.25) is 4.79 Å². The number of benzene rings is 2. The first-order valence-electron chi connectivity index (χ1n) is 7.28. The van der Waals surface area contributed by atoms with Crippen LogP contribution in [0, 0.1) is 0 Å². The van der Waals surface area contributed by atoms with Crippen LogP contribution in [0.1, 0.15) is 20.7 Å². The van der Waals surface area contributed by atoms with Crippen molar-refractivity contribution in [1.29, 1.82) is 0 Å². The number of carbonyl (C=O) groups is 2. The molecule has 0 heterocycles. The first-order valence-corrected chi connectivity index (χ1v) is 8.72. The topological polar surface area (TPSA) is 92.8 Å². The fourth-order valence-corrected chi connectivity index (χ4v) is 2.97. The maximum Gasteiger partial charge on any atom is 0.337 e. The fourth-order valence-electron chi connectivity index (χ4n) is 2.02. The predicted octanol–water partition coefficient (Wildman–Crippen LogP) is 1.98. The first kappa shape index (κ1) is 18.6. The zero-order chi connectivity index (χ0) is 18.6. The van der Waals surface area contributed by atoms with Crippen LogP contribution in [0.3, 0.4) is 0 Å². The molecule has 0 spiro atoms. The van der Waals surface area contributed by atoms with E-state index in [0.717, 1.165) is 4.31 Å². The average molecular weight is 362 g/mol. The Morgan fingerprint density at radius 3 is 2.16 bits per heavy atom. The van der Waals surface area contributed by atoms with Crippen LogP contribution in [0.5, 0.6) is 0 Å². The van der Waals surface area contributed by atoms with Crippen molar-refractivity contribution in [3.63, 3.8) is 0 Å². The summed E-state index contributed by atoms with van der Waals surface area (Å²) < 4.78 is 30.0. The van der Waals surface area contributed by atoms with E-state index < -0.39 is 21.9 Å². The number of sulfonamides is 1. The molecule has 2 aromatic rings. The number of ether oxygens (including phenoxy) is 1. The summed E-state index contributed by atoms with van der Waals surface area (Å²) >= 11 is 0. The number of nitrogens with one attached hydrogen (secondary N) is 1. The summed E-state index contributed by atoms with van der Waals surface area (Å²) in [5.74, 6) is -0.913. The zero-order valence-electron chi connectivity index (χ0n) is 14.0. The molecular weight excluding hydrogens is 344 g/mol. The number of carbonyl (C=O) groups excluding carboxylic acids is 2. The van der Waals surface area contributed by atoms with E-state index in [2.05, 4.69) is 10.1 Å². The molecule has 0 unspecified atom stereocenters. The molecule has 1 amide bonds. The van der Waals surface area contributed by atoms with E-state index in [9.17, 15) is 18.0 Å². The molecule has 7 nitrogen and oxygen atoms in total. The summed E-state index contributed by atoms with van der Waals surface area (Å²) in [6.07, 6.45) is 0. The van der Waals surface area contributed by atoms with Gasteiger partial charge in [-0.15, -0.1) is 0 Å². The van der Waals surface area contributed by atoms with Gasteiger partial charge in [0.15, 0.2) is 0 Å². The summed E-state index contributed by atoms with van der Waals surface area (Å²) in [4.78, 5) is 23.7. The predicted molar refractivity (Wildman–Crippen MR) is 93.0 cm³/mol. The minimum Gasteiger partial charge on any atom is -0.465 e. The minimum absolute atomic E-state index is 0.0799. The van der Waals surface area contributed by atoms with Crippen LogP contribution in [0.25, 0.3) is 0 Å². The number of amides is 1. The van der Waals surface area contributed by atoms with Gasteiger partial charge in [0.2, 0.25) is 10.0 Å². The number of nitrogens with zero attached hydrogens (tertiary/aromatic N) is 1. The van der Waals surface area contributed by atoms with Gasteiger partial charge in [-0.2, -0.15) is 0 Å². The van der Waals surface area contributed by atoms with Crippen LogP contribution >= 0.6 is 0 Å². The lowest BCUT2D eigenvalue weighted by Gasteiger charge is -2.12. The van der Waals surface area contributed by atoms with E-state index in [4.69, 9.17) is 0 Å². The fraction of sp³-hybridized carbons (Fsp3) is 0.176. The Kier molecular flexibility index (Phi) is 5.55. The van der Waals surface area contributed by atoms with Crippen molar-refractivity contribution >= 4 is 27.6 Å². The summed E-state index contributed by atoms with van der Waals surface area (Å²) in [5.41, 5.74) is 1.01. The van der Waals surface area contributed by atoms with E-state index in [1.807, 2.05) is 0 Å². The van der Waals surface area contributed by atoms with Gasteiger partial charge >= 0.3 is 5.97 Å². The Labute approximate surface area is 146 Å².